The van der Waals surface area contributed by atoms with Gasteiger partial charge in [-0.15, -0.1) is 12.4 Å². The first-order chi connectivity index (χ1) is 9.22. The Kier molecular flexibility index (Phi) is 7.30. The maximum atomic E-state index is 12.4. The summed E-state index contributed by atoms with van der Waals surface area (Å²) in [4.78, 5) is 26.0. The highest BCUT2D eigenvalue weighted by molar-refractivity contribution is 5.85. The lowest BCUT2D eigenvalue weighted by molar-refractivity contribution is -0.151. The number of hydrogen-bond acceptors (Lipinski definition) is 4. The first-order valence-corrected chi connectivity index (χ1v) is 7.41. The van der Waals surface area contributed by atoms with Crippen molar-refractivity contribution in [2.45, 2.75) is 45.1 Å². The minimum Gasteiger partial charge on any atom is -0.466 e. The Hall–Kier alpha value is -0.810. The van der Waals surface area contributed by atoms with Crippen LogP contribution in [-0.4, -0.2) is 49.1 Å². The first-order valence-electron chi connectivity index (χ1n) is 7.41. The molecule has 1 amide bonds. The molecule has 5 nitrogen and oxygen atoms in total. The van der Waals surface area contributed by atoms with Gasteiger partial charge in [0.2, 0.25) is 5.91 Å². The summed E-state index contributed by atoms with van der Waals surface area (Å²) in [6, 6.07) is -0.0466. The van der Waals surface area contributed by atoms with Gasteiger partial charge < -0.3 is 15.0 Å². The van der Waals surface area contributed by atoms with E-state index in [1.54, 1.807) is 0 Å². The number of hydrogen-bond donors (Lipinski definition) is 1. The highest BCUT2D eigenvalue weighted by atomic mass is 35.5. The van der Waals surface area contributed by atoms with Crippen molar-refractivity contribution in [3.05, 3.63) is 0 Å². The van der Waals surface area contributed by atoms with Gasteiger partial charge in [-0.1, -0.05) is 6.42 Å². The van der Waals surface area contributed by atoms with Crippen LogP contribution in [0, 0.1) is 5.92 Å². The molecule has 1 unspecified atom stereocenters. The van der Waals surface area contributed by atoms with Gasteiger partial charge in [0.1, 0.15) is 0 Å². The molecule has 1 N–H and O–H groups in total. The van der Waals surface area contributed by atoms with Gasteiger partial charge in [-0.05, 0) is 39.2 Å². The molecule has 0 bridgehead atoms. The Labute approximate surface area is 126 Å². The molecule has 2 aliphatic heterocycles. The van der Waals surface area contributed by atoms with Crippen LogP contribution in [0.3, 0.4) is 0 Å². The molecule has 2 rings (SSSR count). The Balaban J connectivity index is 0.00000200. The molecule has 6 heteroatoms. The van der Waals surface area contributed by atoms with Gasteiger partial charge in [0.25, 0.3) is 0 Å². The molecular formula is C14H25ClN2O3. The van der Waals surface area contributed by atoms with Crippen LogP contribution in [0.15, 0.2) is 0 Å². The van der Waals surface area contributed by atoms with Gasteiger partial charge in [-0.25, -0.2) is 0 Å². The average molecular weight is 305 g/mol. The number of piperidine rings is 2. The van der Waals surface area contributed by atoms with Crippen molar-refractivity contribution >= 4 is 24.3 Å². The summed E-state index contributed by atoms with van der Waals surface area (Å²) in [5.74, 6) is -0.133. The molecule has 0 aromatic heterocycles. The van der Waals surface area contributed by atoms with E-state index in [2.05, 4.69) is 5.32 Å². The second-order valence-electron chi connectivity index (χ2n) is 5.38. The SMILES string of the molecule is CCOC(=O)C1CCCN(C(=O)[C@H]2CCCCN2)C1.Cl. The van der Waals surface area contributed by atoms with E-state index in [1.165, 1.54) is 0 Å². The van der Waals surface area contributed by atoms with E-state index in [1.807, 2.05) is 11.8 Å². The van der Waals surface area contributed by atoms with E-state index < -0.39 is 0 Å². The minimum absolute atomic E-state index is 0. The van der Waals surface area contributed by atoms with E-state index >= 15 is 0 Å². The lowest BCUT2D eigenvalue weighted by Crippen LogP contribution is -2.52. The fourth-order valence-corrected chi connectivity index (χ4v) is 2.91. The molecule has 2 aliphatic rings. The van der Waals surface area contributed by atoms with Crippen LogP contribution in [0.5, 0.6) is 0 Å². The number of carbonyl (C=O) groups is 2. The van der Waals surface area contributed by atoms with Crippen LogP contribution in [-0.2, 0) is 14.3 Å². The molecule has 0 saturated carbocycles. The van der Waals surface area contributed by atoms with Crippen molar-refractivity contribution in [2.24, 2.45) is 5.92 Å². The lowest BCUT2D eigenvalue weighted by atomic mass is 9.96. The van der Waals surface area contributed by atoms with Crippen LogP contribution in [0.2, 0.25) is 0 Å². The van der Waals surface area contributed by atoms with Crippen molar-refractivity contribution in [2.75, 3.05) is 26.2 Å². The Morgan fingerprint density at radius 3 is 2.70 bits per heavy atom. The van der Waals surface area contributed by atoms with Crippen molar-refractivity contribution in [3.8, 4) is 0 Å². The average Bonchev–Trinajstić information content (AvgIpc) is 2.48. The van der Waals surface area contributed by atoms with Crippen molar-refractivity contribution in [1.82, 2.24) is 10.2 Å². The van der Waals surface area contributed by atoms with Crippen LogP contribution in [0.1, 0.15) is 39.0 Å². The largest absolute Gasteiger partial charge is 0.466 e. The second-order valence-corrected chi connectivity index (χ2v) is 5.38. The Morgan fingerprint density at radius 1 is 1.25 bits per heavy atom. The smallest absolute Gasteiger partial charge is 0.310 e. The van der Waals surface area contributed by atoms with Gasteiger partial charge >= 0.3 is 5.97 Å². The number of likely N-dealkylation sites (tertiary alicyclic amines) is 1. The molecular weight excluding hydrogens is 280 g/mol. The zero-order valence-electron chi connectivity index (χ0n) is 12.1. The molecule has 2 fully saturated rings. The van der Waals surface area contributed by atoms with Crippen LogP contribution < -0.4 is 5.32 Å². The number of esters is 1. The molecule has 0 radical (unpaired) electrons. The summed E-state index contributed by atoms with van der Waals surface area (Å²) in [6.45, 7) is 4.44. The van der Waals surface area contributed by atoms with E-state index in [0.29, 0.717) is 13.2 Å². The number of rotatable bonds is 3. The quantitative estimate of drug-likeness (QED) is 0.800. The number of halogens is 1. The minimum atomic E-state index is -0.156. The molecule has 0 aliphatic carbocycles. The summed E-state index contributed by atoms with van der Waals surface area (Å²) in [6.07, 6.45) is 4.90. The summed E-state index contributed by atoms with van der Waals surface area (Å²) in [5.41, 5.74) is 0. The van der Waals surface area contributed by atoms with Crippen LogP contribution in [0.25, 0.3) is 0 Å². The van der Waals surface area contributed by atoms with Gasteiger partial charge in [0.15, 0.2) is 0 Å². The third-order valence-electron chi connectivity index (χ3n) is 3.96. The van der Waals surface area contributed by atoms with Gasteiger partial charge in [0.05, 0.1) is 18.6 Å². The predicted molar refractivity (Wildman–Crippen MR) is 78.8 cm³/mol. The van der Waals surface area contributed by atoms with Gasteiger partial charge in [-0.3, -0.25) is 9.59 Å². The number of amides is 1. The maximum Gasteiger partial charge on any atom is 0.310 e. The zero-order chi connectivity index (χ0) is 13.7. The van der Waals surface area contributed by atoms with E-state index in [4.69, 9.17) is 4.74 Å². The van der Waals surface area contributed by atoms with Crippen LogP contribution >= 0.6 is 12.4 Å². The van der Waals surface area contributed by atoms with Gasteiger partial charge in [-0.2, -0.15) is 0 Å². The van der Waals surface area contributed by atoms with Crippen molar-refractivity contribution in [1.29, 1.82) is 0 Å². The zero-order valence-corrected chi connectivity index (χ0v) is 12.9. The summed E-state index contributed by atoms with van der Waals surface area (Å²) in [5, 5.41) is 3.28. The van der Waals surface area contributed by atoms with Gasteiger partial charge in [0, 0.05) is 13.1 Å². The molecule has 2 heterocycles. The standard InChI is InChI=1S/C14H24N2O3.ClH/c1-2-19-14(18)11-6-5-9-16(10-11)13(17)12-7-3-4-8-15-12;/h11-12,15H,2-10H2,1H3;1H/t11?,12-;/m1./s1. The summed E-state index contributed by atoms with van der Waals surface area (Å²) >= 11 is 0. The maximum absolute atomic E-state index is 12.4. The predicted octanol–water partition coefficient (Wildman–Crippen LogP) is 1.35. The Bertz CT molecular complexity index is 332. The van der Waals surface area contributed by atoms with Crippen molar-refractivity contribution in [3.63, 3.8) is 0 Å². The van der Waals surface area contributed by atoms with E-state index in [9.17, 15) is 9.59 Å². The van der Waals surface area contributed by atoms with Crippen molar-refractivity contribution < 1.29 is 14.3 Å². The number of ether oxygens (including phenoxy) is 1. The Morgan fingerprint density at radius 2 is 2.05 bits per heavy atom. The third-order valence-corrected chi connectivity index (χ3v) is 3.96. The number of nitrogens with zero attached hydrogens (tertiary/aromatic N) is 1. The highest BCUT2D eigenvalue weighted by Gasteiger charge is 2.32. The summed E-state index contributed by atoms with van der Waals surface area (Å²) in [7, 11) is 0. The number of nitrogens with one attached hydrogen (secondary N) is 1. The lowest BCUT2D eigenvalue weighted by Gasteiger charge is -2.35. The third kappa shape index (κ3) is 4.35. The fraction of sp³-hybridized carbons (Fsp3) is 0.857. The number of carbonyl (C=O) groups excluding carboxylic acids is 2. The molecule has 0 aromatic carbocycles. The molecule has 2 atom stereocenters. The highest BCUT2D eigenvalue weighted by Crippen LogP contribution is 2.20. The second kappa shape index (κ2) is 8.47. The molecule has 116 valence electrons. The summed E-state index contributed by atoms with van der Waals surface area (Å²) < 4.78 is 5.06. The fourth-order valence-electron chi connectivity index (χ4n) is 2.91. The topological polar surface area (TPSA) is 58.6 Å². The first kappa shape index (κ1) is 17.2. The normalized spacial score (nSPS) is 26.6. The molecule has 2 saturated heterocycles. The van der Waals surface area contributed by atoms with Crippen LogP contribution in [0.4, 0.5) is 0 Å². The monoisotopic (exact) mass is 304 g/mol. The van der Waals surface area contributed by atoms with E-state index in [0.717, 1.165) is 45.2 Å². The van der Waals surface area contributed by atoms with E-state index in [-0.39, 0.29) is 36.2 Å². The molecule has 0 aromatic rings. The molecule has 0 spiro atoms. The molecule has 20 heavy (non-hydrogen) atoms.